The van der Waals surface area contributed by atoms with Crippen molar-refractivity contribution in [2.24, 2.45) is 0 Å². The average Bonchev–Trinajstić information content (AvgIpc) is 2.38. The van der Waals surface area contributed by atoms with Gasteiger partial charge in [-0.15, -0.1) is 0 Å². The van der Waals surface area contributed by atoms with Gasteiger partial charge in [0.05, 0.1) is 5.56 Å². The molecule has 0 spiro atoms. The highest BCUT2D eigenvalue weighted by Gasteiger charge is 2.10. The van der Waals surface area contributed by atoms with E-state index in [1.807, 2.05) is 13.0 Å². The summed E-state index contributed by atoms with van der Waals surface area (Å²) in [7, 11) is 0. The first kappa shape index (κ1) is 14.2. The van der Waals surface area contributed by atoms with Gasteiger partial charge in [0.25, 0.3) is 0 Å². The van der Waals surface area contributed by atoms with Gasteiger partial charge in [-0.1, -0.05) is 11.6 Å². The maximum absolute atomic E-state index is 13.5. The molecule has 0 aliphatic carbocycles. The largest absolute Gasteiger partial charge is 0.488 e. The van der Waals surface area contributed by atoms with Crippen molar-refractivity contribution in [1.82, 2.24) is 0 Å². The maximum atomic E-state index is 13.5. The smallest absolute Gasteiger partial charge is 0.163 e. The molecule has 2 aromatic carbocycles. The van der Waals surface area contributed by atoms with E-state index in [9.17, 15) is 13.6 Å². The zero-order chi connectivity index (χ0) is 14.7. The Kier molecular flexibility index (Phi) is 4.13. The zero-order valence-electron chi connectivity index (χ0n) is 11.2. The van der Waals surface area contributed by atoms with Crippen LogP contribution < -0.4 is 4.74 Å². The van der Waals surface area contributed by atoms with Crippen LogP contribution >= 0.6 is 0 Å². The number of rotatable bonds is 4. The molecule has 0 saturated heterocycles. The Bertz CT molecular complexity index is 651. The molecule has 0 aromatic heterocycles. The van der Waals surface area contributed by atoms with Gasteiger partial charge < -0.3 is 4.74 Å². The minimum atomic E-state index is -0.665. The predicted octanol–water partition coefficient (Wildman–Crippen LogP) is 4.05. The van der Waals surface area contributed by atoms with Crippen molar-refractivity contribution < 1.29 is 18.3 Å². The van der Waals surface area contributed by atoms with E-state index in [0.717, 1.165) is 11.6 Å². The molecule has 104 valence electrons. The number of ether oxygens (including phenoxy) is 1. The Morgan fingerprint density at radius 1 is 1.15 bits per heavy atom. The van der Waals surface area contributed by atoms with E-state index in [2.05, 4.69) is 0 Å². The first-order valence-corrected chi connectivity index (χ1v) is 6.15. The molecular formula is C16H14F2O2. The van der Waals surface area contributed by atoms with Crippen LogP contribution in [0.15, 0.2) is 36.4 Å². The number of halogens is 2. The molecule has 0 saturated carbocycles. The molecule has 0 N–H and O–H groups in total. The number of carbonyl (C=O) groups is 1. The van der Waals surface area contributed by atoms with Crippen molar-refractivity contribution in [1.29, 1.82) is 0 Å². The Morgan fingerprint density at radius 2 is 1.90 bits per heavy atom. The molecule has 0 bridgehead atoms. The molecule has 0 heterocycles. The monoisotopic (exact) mass is 276 g/mol. The van der Waals surface area contributed by atoms with Crippen molar-refractivity contribution in [2.75, 3.05) is 0 Å². The van der Waals surface area contributed by atoms with Crippen LogP contribution in [0.3, 0.4) is 0 Å². The molecule has 0 amide bonds. The summed E-state index contributed by atoms with van der Waals surface area (Å²) in [6, 6.07) is 8.50. The van der Waals surface area contributed by atoms with Crippen LogP contribution in [0.2, 0.25) is 0 Å². The van der Waals surface area contributed by atoms with Gasteiger partial charge in [-0.25, -0.2) is 8.78 Å². The van der Waals surface area contributed by atoms with Crippen molar-refractivity contribution in [2.45, 2.75) is 20.5 Å². The van der Waals surface area contributed by atoms with Crippen LogP contribution in [0.5, 0.6) is 5.75 Å². The van der Waals surface area contributed by atoms with Crippen LogP contribution in [0, 0.1) is 18.6 Å². The normalized spacial score (nSPS) is 10.4. The van der Waals surface area contributed by atoms with Crippen LogP contribution in [0.25, 0.3) is 0 Å². The van der Waals surface area contributed by atoms with E-state index in [1.165, 1.54) is 19.1 Å². The number of aryl methyl sites for hydroxylation is 1. The molecule has 2 nitrogen and oxygen atoms in total. The van der Waals surface area contributed by atoms with E-state index < -0.39 is 11.6 Å². The topological polar surface area (TPSA) is 26.3 Å². The standard InChI is InChI=1S/C16H14F2O2/c1-10-3-6-16(14(7-10)11(2)19)20-9-12-4-5-13(17)8-15(12)18/h3-8H,9H2,1-2H3. The lowest BCUT2D eigenvalue weighted by molar-refractivity contribution is 0.101. The number of hydrogen-bond acceptors (Lipinski definition) is 2. The number of ketones is 1. The first-order valence-electron chi connectivity index (χ1n) is 6.15. The van der Waals surface area contributed by atoms with Crippen molar-refractivity contribution in [3.05, 3.63) is 64.7 Å². The summed E-state index contributed by atoms with van der Waals surface area (Å²) in [6.45, 7) is 3.26. The highest BCUT2D eigenvalue weighted by Crippen LogP contribution is 2.22. The fourth-order valence-corrected chi connectivity index (χ4v) is 1.84. The van der Waals surface area contributed by atoms with Gasteiger partial charge >= 0.3 is 0 Å². The summed E-state index contributed by atoms with van der Waals surface area (Å²) < 4.78 is 31.8. The number of benzene rings is 2. The Balaban J connectivity index is 2.20. The van der Waals surface area contributed by atoms with Crippen molar-refractivity contribution in [3.63, 3.8) is 0 Å². The molecule has 0 radical (unpaired) electrons. The van der Waals surface area contributed by atoms with Crippen molar-refractivity contribution >= 4 is 5.78 Å². The summed E-state index contributed by atoms with van der Waals surface area (Å²) in [5.41, 5.74) is 1.63. The van der Waals surface area contributed by atoms with E-state index >= 15 is 0 Å². The van der Waals surface area contributed by atoms with Gasteiger partial charge in [0.2, 0.25) is 0 Å². The van der Waals surface area contributed by atoms with Gasteiger partial charge in [0.15, 0.2) is 5.78 Å². The van der Waals surface area contributed by atoms with Gasteiger partial charge in [0, 0.05) is 11.6 Å². The second-order valence-corrected chi connectivity index (χ2v) is 4.58. The zero-order valence-corrected chi connectivity index (χ0v) is 11.2. The lowest BCUT2D eigenvalue weighted by Gasteiger charge is -2.11. The third-order valence-electron chi connectivity index (χ3n) is 2.91. The minimum absolute atomic E-state index is 0.0601. The lowest BCUT2D eigenvalue weighted by Crippen LogP contribution is -2.03. The highest BCUT2D eigenvalue weighted by molar-refractivity contribution is 5.97. The Hall–Kier alpha value is -2.23. The third-order valence-corrected chi connectivity index (χ3v) is 2.91. The molecular weight excluding hydrogens is 262 g/mol. The summed E-state index contributed by atoms with van der Waals surface area (Å²) in [5.74, 6) is -1.03. The predicted molar refractivity (Wildman–Crippen MR) is 71.9 cm³/mol. The van der Waals surface area contributed by atoms with Gasteiger partial charge in [-0.2, -0.15) is 0 Å². The summed E-state index contributed by atoms with van der Waals surface area (Å²) >= 11 is 0. The number of Topliss-reactive ketones (excluding diaryl/α,β-unsaturated/α-hetero) is 1. The number of hydrogen-bond donors (Lipinski definition) is 0. The Labute approximate surface area is 116 Å². The molecule has 20 heavy (non-hydrogen) atoms. The second kappa shape index (κ2) is 5.82. The molecule has 0 aliphatic rings. The third kappa shape index (κ3) is 3.20. The molecule has 0 aliphatic heterocycles. The molecule has 2 aromatic rings. The van der Waals surface area contributed by atoms with Crippen LogP contribution in [-0.4, -0.2) is 5.78 Å². The van der Waals surface area contributed by atoms with E-state index in [0.29, 0.717) is 11.3 Å². The maximum Gasteiger partial charge on any atom is 0.163 e. The summed E-state index contributed by atoms with van der Waals surface area (Å²) in [6.07, 6.45) is 0. The molecule has 0 fully saturated rings. The second-order valence-electron chi connectivity index (χ2n) is 4.58. The van der Waals surface area contributed by atoms with Crippen LogP contribution in [0.1, 0.15) is 28.4 Å². The minimum Gasteiger partial charge on any atom is -0.488 e. The SMILES string of the molecule is CC(=O)c1cc(C)ccc1OCc1ccc(F)cc1F. The quantitative estimate of drug-likeness (QED) is 0.787. The lowest BCUT2D eigenvalue weighted by atomic mass is 10.1. The molecule has 0 unspecified atom stereocenters. The van der Waals surface area contributed by atoms with Gasteiger partial charge in [0.1, 0.15) is 24.0 Å². The van der Waals surface area contributed by atoms with E-state index in [4.69, 9.17) is 4.74 Å². The summed E-state index contributed by atoms with van der Waals surface area (Å²) in [5, 5.41) is 0. The molecule has 0 atom stereocenters. The highest BCUT2D eigenvalue weighted by atomic mass is 19.1. The average molecular weight is 276 g/mol. The van der Waals surface area contributed by atoms with E-state index in [-0.39, 0.29) is 18.0 Å². The van der Waals surface area contributed by atoms with Gasteiger partial charge in [-0.3, -0.25) is 4.79 Å². The van der Waals surface area contributed by atoms with Crippen LogP contribution in [-0.2, 0) is 6.61 Å². The fraction of sp³-hybridized carbons (Fsp3) is 0.188. The molecule has 4 heteroatoms. The van der Waals surface area contributed by atoms with E-state index in [1.54, 1.807) is 12.1 Å². The fourth-order valence-electron chi connectivity index (χ4n) is 1.84. The number of carbonyl (C=O) groups excluding carboxylic acids is 1. The van der Waals surface area contributed by atoms with Gasteiger partial charge in [-0.05, 0) is 38.1 Å². The molecule has 2 rings (SSSR count). The van der Waals surface area contributed by atoms with Crippen LogP contribution in [0.4, 0.5) is 8.78 Å². The van der Waals surface area contributed by atoms with Crippen molar-refractivity contribution in [3.8, 4) is 5.75 Å². The Morgan fingerprint density at radius 3 is 2.55 bits per heavy atom. The first-order chi connectivity index (χ1) is 9.47. The summed E-state index contributed by atoms with van der Waals surface area (Å²) in [4.78, 5) is 11.5.